The van der Waals surface area contributed by atoms with E-state index in [1.807, 2.05) is 32.0 Å². The minimum Gasteiger partial charge on any atom is -0.377 e. The molecule has 0 fully saturated rings. The number of methoxy groups -OCH3 is 1. The van der Waals surface area contributed by atoms with Crippen LogP contribution in [0.25, 0.3) is 0 Å². The fourth-order valence-corrected chi connectivity index (χ4v) is 1.74. The van der Waals surface area contributed by atoms with E-state index in [2.05, 4.69) is 39.7 Å². The highest BCUT2D eigenvalue weighted by molar-refractivity contribution is 14.0. The summed E-state index contributed by atoms with van der Waals surface area (Å²) >= 11 is 0. The third-order valence-corrected chi connectivity index (χ3v) is 3.39. The summed E-state index contributed by atoms with van der Waals surface area (Å²) in [6.45, 7) is 6.50. The van der Waals surface area contributed by atoms with Gasteiger partial charge in [-0.15, -0.1) is 24.0 Å². The molecule has 0 bridgehead atoms. The van der Waals surface area contributed by atoms with Gasteiger partial charge in [0.15, 0.2) is 5.96 Å². The van der Waals surface area contributed by atoms with Crippen molar-refractivity contribution in [3.8, 4) is 0 Å². The van der Waals surface area contributed by atoms with Crippen molar-refractivity contribution in [1.29, 1.82) is 0 Å². The van der Waals surface area contributed by atoms with E-state index in [-0.39, 0.29) is 29.6 Å². The van der Waals surface area contributed by atoms with Gasteiger partial charge in [-0.1, -0.05) is 18.2 Å². The van der Waals surface area contributed by atoms with Crippen molar-refractivity contribution in [2.75, 3.05) is 45.7 Å². The number of guanidine groups is 1. The quantitative estimate of drug-likeness (QED) is 0.404. The lowest BCUT2D eigenvalue weighted by atomic mass is 10.1. The van der Waals surface area contributed by atoms with Gasteiger partial charge in [-0.25, -0.2) is 0 Å². The van der Waals surface area contributed by atoms with Gasteiger partial charge in [-0.3, -0.25) is 4.99 Å². The predicted molar refractivity (Wildman–Crippen MR) is 106 cm³/mol. The molecule has 0 aliphatic rings. The van der Waals surface area contributed by atoms with Crippen LogP contribution in [0.2, 0.25) is 0 Å². The molecule has 0 aromatic heterocycles. The van der Waals surface area contributed by atoms with E-state index in [0.717, 1.165) is 19.0 Å². The molecule has 0 radical (unpaired) electrons. The molecule has 0 aliphatic heterocycles. The number of hydrogen-bond donors (Lipinski definition) is 2. The smallest absolute Gasteiger partial charge is 0.191 e. The highest BCUT2D eigenvalue weighted by Gasteiger charge is 2.16. The summed E-state index contributed by atoms with van der Waals surface area (Å²) in [7, 11) is 5.57. The number of benzene rings is 1. The number of aliphatic imine (C=N–C) groups is 1. The number of hydrogen-bond acceptors (Lipinski definition) is 3. The topological polar surface area (TPSA) is 48.9 Å². The van der Waals surface area contributed by atoms with Crippen LogP contribution in [0.1, 0.15) is 13.8 Å². The number of rotatable bonds is 7. The van der Waals surface area contributed by atoms with Crippen molar-refractivity contribution in [3.05, 3.63) is 30.3 Å². The van der Waals surface area contributed by atoms with Gasteiger partial charge in [0.1, 0.15) is 0 Å². The Morgan fingerprint density at radius 1 is 1.23 bits per heavy atom. The summed E-state index contributed by atoms with van der Waals surface area (Å²) in [5.74, 6) is 0.793. The fraction of sp³-hybridized carbons (Fsp3) is 0.562. The Morgan fingerprint density at radius 3 is 2.41 bits per heavy atom. The zero-order valence-corrected chi connectivity index (χ0v) is 16.5. The summed E-state index contributed by atoms with van der Waals surface area (Å²) < 4.78 is 5.38. The Kier molecular flexibility index (Phi) is 10.2. The molecule has 0 saturated heterocycles. The maximum Gasteiger partial charge on any atom is 0.191 e. The van der Waals surface area contributed by atoms with Crippen molar-refractivity contribution in [1.82, 2.24) is 10.6 Å². The number of nitrogens with one attached hydrogen (secondary N) is 2. The maximum absolute atomic E-state index is 5.38. The van der Waals surface area contributed by atoms with Gasteiger partial charge in [0.05, 0.1) is 5.60 Å². The zero-order valence-electron chi connectivity index (χ0n) is 14.2. The molecule has 6 heteroatoms. The molecule has 0 atom stereocenters. The first kappa shape index (κ1) is 21.0. The molecule has 1 aromatic rings. The minimum atomic E-state index is -0.210. The summed E-state index contributed by atoms with van der Waals surface area (Å²) in [4.78, 5) is 6.42. The number of halogens is 1. The molecule has 2 N–H and O–H groups in total. The molecule has 22 heavy (non-hydrogen) atoms. The van der Waals surface area contributed by atoms with Gasteiger partial charge in [-0.05, 0) is 26.0 Å². The molecule has 1 rings (SSSR count). The van der Waals surface area contributed by atoms with E-state index in [4.69, 9.17) is 4.74 Å². The average Bonchev–Trinajstić information content (AvgIpc) is 2.51. The summed E-state index contributed by atoms with van der Waals surface area (Å²) in [5.41, 5.74) is 1.00. The Balaban J connectivity index is 0.00000441. The number of anilines is 1. The van der Waals surface area contributed by atoms with Gasteiger partial charge in [0.2, 0.25) is 0 Å². The van der Waals surface area contributed by atoms with Crippen LogP contribution in [-0.4, -0.2) is 52.4 Å². The SMILES string of the molecule is CN=C(NCCN(C)c1ccccc1)NCC(C)(C)OC.I. The van der Waals surface area contributed by atoms with Crippen molar-refractivity contribution >= 4 is 35.6 Å². The lowest BCUT2D eigenvalue weighted by Gasteiger charge is -2.25. The third-order valence-electron chi connectivity index (χ3n) is 3.39. The third kappa shape index (κ3) is 7.84. The highest BCUT2D eigenvalue weighted by Crippen LogP contribution is 2.09. The number of likely N-dealkylation sites (N-methyl/N-ethyl adjacent to an activating group) is 1. The lowest BCUT2D eigenvalue weighted by molar-refractivity contribution is 0.0268. The van der Waals surface area contributed by atoms with Crippen molar-refractivity contribution in [3.63, 3.8) is 0 Å². The lowest BCUT2D eigenvalue weighted by Crippen LogP contribution is -2.46. The van der Waals surface area contributed by atoms with E-state index >= 15 is 0 Å². The normalized spacial score (nSPS) is 11.6. The van der Waals surface area contributed by atoms with Crippen LogP contribution >= 0.6 is 24.0 Å². The van der Waals surface area contributed by atoms with Crippen LogP contribution < -0.4 is 15.5 Å². The Labute approximate surface area is 151 Å². The van der Waals surface area contributed by atoms with Gasteiger partial charge < -0.3 is 20.3 Å². The van der Waals surface area contributed by atoms with E-state index in [0.29, 0.717) is 6.54 Å². The maximum atomic E-state index is 5.38. The van der Waals surface area contributed by atoms with Gasteiger partial charge >= 0.3 is 0 Å². The van der Waals surface area contributed by atoms with E-state index in [9.17, 15) is 0 Å². The first-order valence-electron chi connectivity index (χ1n) is 7.24. The van der Waals surface area contributed by atoms with E-state index in [1.54, 1.807) is 14.2 Å². The van der Waals surface area contributed by atoms with Gasteiger partial charge in [0.25, 0.3) is 0 Å². The van der Waals surface area contributed by atoms with Crippen molar-refractivity contribution < 1.29 is 4.74 Å². The predicted octanol–water partition coefficient (Wildman–Crippen LogP) is 2.33. The molecule has 0 spiro atoms. The molecular formula is C16H29IN4O. The van der Waals surface area contributed by atoms with Crippen molar-refractivity contribution in [2.45, 2.75) is 19.4 Å². The second kappa shape index (κ2) is 10.7. The average molecular weight is 420 g/mol. The number of ether oxygens (including phenoxy) is 1. The van der Waals surface area contributed by atoms with Crippen LogP contribution in [0.3, 0.4) is 0 Å². The number of nitrogens with zero attached hydrogens (tertiary/aromatic N) is 2. The summed E-state index contributed by atoms with van der Waals surface area (Å²) in [6.07, 6.45) is 0. The highest BCUT2D eigenvalue weighted by atomic mass is 127. The van der Waals surface area contributed by atoms with Crippen LogP contribution in [0.15, 0.2) is 35.3 Å². The van der Waals surface area contributed by atoms with E-state index in [1.165, 1.54) is 5.69 Å². The molecule has 1 aromatic carbocycles. The largest absolute Gasteiger partial charge is 0.377 e. The van der Waals surface area contributed by atoms with Crippen LogP contribution in [0.4, 0.5) is 5.69 Å². The minimum absolute atomic E-state index is 0. The number of para-hydroxylation sites is 1. The van der Waals surface area contributed by atoms with E-state index < -0.39 is 0 Å². The second-order valence-corrected chi connectivity index (χ2v) is 5.57. The molecule has 5 nitrogen and oxygen atoms in total. The van der Waals surface area contributed by atoms with Crippen LogP contribution in [-0.2, 0) is 4.74 Å². The molecule has 0 aliphatic carbocycles. The van der Waals surface area contributed by atoms with Gasteiger partial charge in [-0.2, -0.15) is 0 Å². The Morgan fingerprint density at radius 2 is 1.86 bits per heavy atom. The summed E-state index contributed by atoms with van der Waals surface area (Å²) in [6, 6.07) is 10.3. The standard InChI is InChI=1S/C16H28N4O.HI/c1-16(2,21-5)13-19-15(17-3)18-11-12-20(4)14-9-7-6-8-10-14;/h6-10H,11-13H2,1-5H3,(H2,17,18,19);1H. The monoisotopic (exact) mass is 420 g/mol. The first-order valence-corrected chi connectivity index (χ1v) is 7.24. The Hall–Kier alpha value is -1.02. The van der Waals surface area contributed by atoms with Crippen molar-refractivity contribution in [2.24, 2.45) is 4.99 Å². The second-order valence-electron chi connectivity index (χ2n) is 5.57. The molecule has 0 saturated carbocycles. The van der Waals surface area contributed by atoms with Crippen LogP contribution in [0, 0.1) is 0 Å². The zero-order chi connectivity index (χ0) is 15.7. The molecule has 126 valence electrons. The van der Waals surface area contributed by atoms with Crippen LogP contribution in [0.5, 0.6) is 0 Å². The fourth-order valence-electron chi connectivity index (χ4n) is 1.74. The Bertz CT molecular complexity index is 437. The van der Waals surface area contributed by atoms with Gasteiger partial charge in [0, 0.05) is 46.5 Å². The molecule has 0 unspecified atom stereocenters. The molecular weight excluding hydrogens is 391 g/mol. The molecule has 0 amide bonds. The summed E-state index contributed by atoms with van der Waals surface area (Å²) in [5, 5.41) is 6.58. The first-order chi connectivity index (χ1) is 9.98. The molecule has 0 heterocycles.